The Morgan fingerprint density at radius 1 is 1.00 bits per heavy atom. The summed E-state index contributed by atoms with van der Waals surface area (Å²) < 4.78 is 10.5. The zero-order valence-corrected chi connectivity index (χ0v) is 15.8. The number of nitrogens with one attached hydrogen (secondary N) is 2. The fourth-order valence-electron chi connectivity index (χ4n) is 2.57. The number of hydrogen-bond acceptors (Lipinski definition) is 5. The van der Waals surface area contributed by atoms with Crippen LogP contribution in [0.3, 0.4) is 0 Å². The molecule has 0 radical (unpaired) electrons. The van der Waals surface area contributed by atoms with E-state index in [4.69, 9.17) is 9.47 Å². The second-order valence-corrected chi connectivity index (χ2v) is 5.86. The summed E-state index contributed by atoms with van der Waals surface area (Å²) >= 11 is 0. The van der Waals surface area contributed by atoms with E-state index >= 15 is 0 Å². The van der Waals surface area contributed by atoms with Gasteiger partial charge in [0.2, 0.25) is 5.91 Å². The Balaban J connectivity index is 1.90. The molecule has 2 aromatic rings. The number of rotatable bonds is 8. The number of ether oxygens (including phenoxy) is 2. The van der Waals surface area contributed by atoms with Crippen LogP contribution in [-0.2, 0) is 11.3 Å². The highest BCUT2D eigenvalue weighted by Gasteiger charge is 2.14. The van der Waals surface area contributed by atoms with Gasteiger partial charge in [0.25, 0.3) is 0 Å². The van der Waals surface area contributed by atoms with Crippen LogP contribution in [0.5, 0.6) is 11.5 Å². The first-order valence-corrected chi connectivity index (χ1v) is 8.64. The standard InChI is InChI=1S/C20H25N3O4/c1-4-23(13-15-10-11-17(26-2)18(12-15)27-3)14-19(24)22-20(25)21-16-8-6-5-7-9-16/h5-12H,4,13-14H2,1-3H3,(H2,21,22,24,25). The summed E-state index contributed by atoms with van der Waals surface area (Å²) in [4.78, 5) is 26.0. The van der Waals surface area contributed by atoms with Crippen LogP contribution >= 0.6 is 0 Å². The third kappa shape index (κ3) is 6.31. The fourth-order valence-corrected chi connectivity index (χ4v) is 2.57. The number of hydrogen-bond donors (Lipinski definition) is 2. The van der Waals surface area contributed by atoms with E-state index < -0.39 is 6.03 Å². The molecule has 7 heteroatoms. The molecule has 0 bridgehead atoms. The van der Waals surface area contributed by atoms with Crippen LogP contribution in [0, 0.1) is 0 Å². The molecule has 0 saturated carbocycles. The van der Waals surface area contributed by atoms with Gasteiger partial charge in [-0.25, -0.2) is 4.79 Å². The lowest BCUT2D eigenvalue weighted by molar-refractivity contribution is -0.121. The maximum atomic E-state index is 12.2. The van der Waals surface area contributed by atoms with Gasteiger partial charge in [0.15, 0.2) is 11.5 Å². The van der Waals surface area contributed by atoms with Gasteiger partial charge in [-0.15, -0.1) is 0 Å². The van der Waals surface area contributed by atoms with E-state index in [1.54, 1.807) is 38.5 Å². The van der Waals surface area contributed by atoms with Gasteiger partial charge >= 0.3 is 6.03 Å². The molecule has 0 aliphatic rings. The number of amides is 3. The van der Waals surface area contributed by atoms with Gasteiger partial charge in [-0.1, -0.05) is 31.2 Å². The number of nitrogens with zero attached hydrogens (tertiary/aromatic N) is 1. The zero-order chi connectivity index (χ0) is 19.6. The number of carbonyl (C=O) groups excluding carboxylic acids is 2. The molecule has 0 aliphatic carbocycles. The lowest BCUT2D eigenvalue weighted by atomic mass is 10.2. The normalized spacial score (nSPS) is 10.4. The van der Waals surface area contributed by atoms with E-state index in [-0.39, 0.29) is 12.5 Å². The highest BCUT2D eigenvalue weighted by Crippen LogP contribution is 2.27. The van der Waals surface area contributed by atoms with E-state index in [0.717, 1.165) is 5.56 Å². The first-order valence-electron chi connectivity index (χ1n) is 8.64. The Morgan fingerprint density at radius 3 is 2.33 bits per heavy atom. The number of methoxy groups -OCH3 is 2. The van der Waals surface area contributed by atoms with Gasteiger partial charge in [-0.2, -0.15) is 0 Å². The van der Waals surface area contributed by atoms with Gasteiger partial charge in [-0.3, -0.25) is 15.0 Å². The van der Waals surface area contributed by atoms with E-state index in [9.17, 15) is 9.59 Å². The minimum Gasteiger partial charge on any atom is -0.493 e. The summed E-state index contributed by atoms with van der Waals surface area (Å²) in [5, 5.41) is 4.97. The Kier molecular flexibility index (Phi) is 7.63. The first kappa shape index (κ1) is 20.3. The van der Waals surface area contributed by atoms with Crippen molar-refractivity contribution in [2.75, 3.05) is 32.6 Å². The molecule has 7 nitrogen and oxygen atoms in total. The van der Waals surface area contributed by atoms with Crippen molar-refractivity contribution in [3.05, 3.63) is 54.1 Å². The molecule has 144 valence electrons. The summed E-state index contributed by atoms with van der Waals surface area (Å²) in [5.74, 6) is 0.920. The van der Waals surface area contributed by atoms with Crippen LogP contribution in [-0.4, -0.2) is 44.1 Å². The van der Waals surface area contributed by atoms with Crippen molar-refractivity contribution in [2.45, 2.75) is 13.5 Å². The van der Waals surface area contributed by atoms with Crippen LogP contribution in [0.15, 0.2) is 48.5 Å². The summed E-state index contributed by atoms with van der Waals surface area (Å²) in [5.41, 5.74) is 1.61. The van der Waals surface area contributed by atoms with Crippen molar-refractivity contribution in [1.82, 2.24) is 10.2 Å². The van der Waals surface area contributed by atoms with Crippen LogP contribution < -0.4 is 20.1 Å². The Bertz CT molecular complexity index is 765. The van der Waals surface area contributed by atoms with Gasteiger partial charge in [0.05, 0.1) is 20.8 Å². The molecule has 2 N–H and O–H groups in total. The fraction of sp³-hybridized carbons (Fsp3) is 0.300. The van der Waals surface area contributed by atoms with E-state index in [0.29, 0.717) is 30.3 Å². The zero-order valence-electron chi connectivity index (χ0n) is 15.8. The molecule has 0 saturated heterocycles. The average molecular weight is 371 g/mol. The lowest BCUT2D eigenvalue weighted by Gasteiger charge is -2.20. The third-order valence-electron chi connectivity index (χ3n) is 3.95. The molecule has 27 heavy (non-hydrogen) atoms. The summed E-state index contributed by atoms with van der Waals surface area (Å²) in [6, 6.07) is 14.0. The van der Waals surface area contributed by atoms with Gasteiger partial charge in [0, 0.05) is 12.2 Å². The SMILES string of the molecule is CCN(CC(=O)NC(=O)Nc1ccccc1)Cc1ccc(OC)c(OC)c1. The number of likely N-dealkylation sites (N-methyl/N-ethyl adjacent to an activating group) is 1. The second-order valence-electron chi connectivity index (χ2n) is 5.86. The Morgan fingerprint density at radius 2 is 1.70 bits per heavy atom. The Labute approximate surface area is 159 Å². The molecule has 0 aliphatic heterocycles. The summed E-state index contributed by atoms with van der Waals surface area (Å²) in [7, 11) is 3.17. The first-order chi connectivity index (χ1) is 13.0. The van der Waals surface area contributed by atoms with Gasteiger partial charge < -0.3 is 14.8 Å². The van der Waals surface area contributed by atoms with Crippen LogP contribution in [0.25, 0.3) is 0 Å². The molecule has 0 atom stereocenters. The van der Waals surface area contributed by atoms with Crippen LogP contribution in [0.1, 0.15) is 12.5 Å². The van der Waals surface area contributed by atoms with Crippen molar-refractivity contribution in [2.24, 2.45) is 0 Å². The van der Waals surface area contributed by atoms with Crippen LogP contribution in [0.4, 0.5) is 10.5 Å². The molecule has 2 rings (SSSR count). The number of para-hydroxylation sites is 1. The molecule has 0 spiro atoms. The molecule has 0 fully saturated rings. The number of benzene rings is 2. The maximum Gasteiger partial charge on any atom is 0.325 e. The van der Waals surface area contributed by atoms with Crippen molar-refractivity contribution in [3.63, 3.8) is 0 Å². The molecule has 0 aromatic heterocycles. The van der Waals surface area contributed by atoms with Gasteiger partial charge in [-0.05, 0) is 36.4 Å². The van der Waals surface area contributed by atoms with Crippen molar-refractivity contribution >= 4 is 17.6 Å². The molecule has 0 heterocycles. The smallest absolute Gasteiger partial charge is 0.325 e. The largest absolute Gasteiger partial charge is 0.493 e. The minimum atomic E-state index is -0.548. The molecular weight excluding hydrogens is 346 g/mol. The second kappa shape index (κ2) is 10.2. The number of anilines is 1. The number of imide groups is 1. The highest BCUT2D eigenvalue weighted by molar-refractivity contribution is 6.01. The molecule has 2 aromatic carbocycles. The topological polar surface area (TPSA) is 79.9 Å². The predicted octanol–water partition coefficient (Wildman–Crippen LogP) is 2.87. The monoisotopic (exact) mass is 371 g/mol. The van der Waals surface area contributed by atoms with E-state index in [2.05, 4.69) is 10.6 Å². The average Bonchev–Trinajstić information content (AvgIpc) is 2.67. The third-order valence-corrected chi connectivity index (χ3v) is 3.95. The maximum absolute atomic E-state index is 12.2. The van der Waals surface area contributed by atoms with E-state index in [1.165, 1.54) is 0 Å². The van der Waals surface area contributed by atoms with Crippen molar-refractivity contribution in [1.29, 1.82) is 0 Å². The Hall–Kier alpha value is -3.06. The van der Waals surface area contributed by atoms with Gasteiger partial charge in [0.1, 0.15) is 0 Å². The quantitative estimate of drug-likeness (QED) is 0.746. The van der Waals surface area contributed by atoms with E-state index in [1.807, 2.05) is 36.1 Å². The lowest BCUT2D eigenvalue weighted by Crippen LogP contribution is -2.41. The highest BCUT2D eigenvalue weighted by atomic mass is 16.5. The van der Waals surface area contributed by atoms with Crippen LogP contribution in [0.2, 0.25) is 0 Å². The van der Waals surface area contributed by atoms with Crippen molar-refractivity contribution < 1.29 is 19.1 Å². The molecule has 0 unspecified atom stereocenters. The summed E-state index contributed by atoms with van der Waals surface area (Å²) in [6.45, 7) is 3.26. The number of urea groups is 1. The molecule has 3 amide bonds. The minimum absolute atomic E-state index is 0.104. The van der Waals surface area contributed by atoms with Crippen molar-refractivity contribution in [3.8, 4) is 11.5 Å². The molecular formula is C20H25N3O4. The number of carbonyl (C=O) groups is 2. The predicted molar refractivity (Wildman–Crippen MR) is 104 cm³/mol. The summed E-state index contributed by atoms with van der Waals surface area (Å²) in [6.07, 6.45) is 0.